The summed E-state index contributed by atoms with van der Waals surface area (Å²) < 4.78 is 13.2. The van der Waals surface area contributed by atoms with E-state index in [4.69, 9.17) is 11.6 Å². The lowest BCUT2D eigenvalue weighted by atomic mass is 10.1. The predicted octanol–water partition coefficient (Wildman–Crippen LogP) is 3.78. The van der Waals surface area contributed by atoms with Crippen LogP contribution in [0.2, 0.25) is 5.02 Å². The third kappa shape index (κ3) is 3.41. The Morgan fingerprint density at radius 2 is 2.08 bits per heavy atom. The molecule has 0 saturated carbocycles. The molecule has 0 aromatic heterocycles. The Labute approximate surface area is 144 Å². The minimum Gasteiger partial charge on any atom is -0.326 e. The van der Waals surface area contributed by atoms with Gasteiger partial charge in [0.05, 0.1) is 5.92 Å². The molecule has 0 aliphatic carbocycles. The summed E-state index contributed by atoms with van der Waals surface area (Å²) in [5.74, 6) is -1.34. The molecule has 0 bridgehead atoms. The van der Waals surface area contributed by atoms with Crippen molar-refractivity contribution in [3.8, 4) is 0 Å². The van der Waals surface area contributed by atoms with Crippen molar-refractivity contribution >= 4 is 34.8 Å². The highest BCUT2D eigenvalue weighted by molar-refractivity contribution is 6.31. The Morgan fingerprint density at radius 1 is 1.29 bits per heavy atom. The van der Waals surface area contributed by atoms with Gasteiger partial charge in [-0.05, 0) is 42.8 Å². The first-order valence-corrected chi connectivity index (χ1v) is 7.95. The van der Waals surface area contributed by atoms with Gasteiger partial charge in [-0.15, -0.1) is 0 Å². The number of hydrogen-bond acceptors (Lipinski definition) is 2. The van der Waals surface area contributed by atoms with Crippen molar-refractivity contribution in [3.63, 3.8) is 0 Å². The van der Waals surface area contributed by atoms with Crippen LogP contribution in [-0.2, 0) is 9.59 Å². The molecule has 0 spiro atoms. The zero-order chi connectivity index (χ0) is 17.3. The average molecular weight is 347 g/mol. The fraction of sp³-hybridized carbons (Fsp3) is 0.222. The average Bonchev–Trinajstić information content (AvgIpc) is 2.92. The molecule has 2 aromatic carbocycles. The van der Waals surface area contributed by atoms with Crippen LogP contribution < -0.4 is 10.2 Å². The maximum absolute atomic E-state index is 13.2. The molecule has 1 heterocycles. The van der Waals surface area contributed by atoms with Gasteiger partial charge in [0.15, 0.2) is 0 Å². The second-order valence-electron chi connectivity index (χ2n) is 5.84. The standard InChI is InChI=1S/C18H16ClFN2O2/c1-11-5-6-15(9-16(11)19)22-10-12(7-17(22)23)18(24)21-14-4-2-3-13(20)8-14/h2-6,8-9,12H,7,10H2,1H3,(H,21,24). The van der Waals surface area contributed by atoms with Gasteiger partial charge in [0.2, 0.25) is 11.8 Å². The third-order valence-electron chi connectivity index (χ3n) is 4.06. The molecule has 3 rings (SSSR count). The van der Waals surface area contributed by atoms with Crippen molar-refractivity contribution in [1.82, 2.24) is 0 Å². The van der Waals surface area contributed by atoms with E-state index in [1.807, 2.05) is 19.1 Å². The molecule has 1 aliphatic rings. The lowest BCUT2D eigenvalue weighted by Gasteiger charge is -2.17. The Bertz CT molecular complexity index is 809. The number of nitrogens with one attached hydrogen (secondary N) is 1. The summed E-state index contributed by atoms with van der Waals surface area (Å²) >= 11 is 6.11. The van der Waals surface area contributed by atoms with Crippen LogP contribution in [0.3, 0.4) is 0 Å². The predicted molar refractivity (Wildman–Crippen MR) is 91.7 cm³/mol. The van der Waals surface area contributed by atoms with Gasteiger partial charge in [0.25, 0.3) is 0 Å². The number of carbonyl (C=O) groups excluding carboxylic acids is 2. The van der Waals surface area contributed by atoms with Gasteiger partial charge < -0.3 is 10.2 Å². The van der Waals surface area contributed by atoms with Gasteiger partial charge in [0.1, 0.15) is 5.82 Å². The Balaban J connectivity index is 1.72. The number of carbonyl (C=O) groups is 2. The van der Waals surface area contributed by atoms with E-state index in [0.29, 0.717) is 16.4 Å². The van der Waals surface area contributed by atoms with E-state index in [0.717, 1.165) is 5.56 Å². The fourth-order valence-corrected chi connectivity index (χ4v) is 2.87. The number of hydrogen-bond donors (Lipinski definition) is 1. The highest BCUT2D eigenvalue weighted by Gasteiger charge is 2.35. The highest BCUT2D eigenvalue weighted by Crippen LogP contribution is 2.29. The van der Waals surface area contributed by atoms with Crippen molar-refractivity contribution < 1.29 is 14.0 Å². The summed E-state index contributed by atoms with van der Waals surface area (Å²) in [5, 5.41) is 3.23. The number of rotatable bonds is 3. The van der Waals surface area contributed by atoms with Crippen LogP contribution in [0.25, 0.3) is 0 Å². The number of nitrogens with zero attached hydrogens (tertiary/aromatic N) is 1. The van der Waals surface area contributed by atoms with Gasteiger partial charge in [-0.3, -0.25) is 9.59 Å². The number of anilines is 2. The zero-order valence-corrected chi connectivity index (χ0v) is 13.8. The first-order valence-electron chi connectivity index (χ1n) is 7.57. The molecule has 1 fully saturated rings. The molecule has 1 unspecified atom stereocenters. The molecule has 4 nitrogen and oxygen atoms in total. The summed E-state index contributed by atoms with van der Waals surface area (Å²) in [5.41, 5.74) is 1.98. The molecule has 2 aromatic rings. The van der Waals surface area contributed by atoms with Gasteiger partial charge in [-0.25, -0.2) is 4.39 Å². The second kappa shape index (κ2) is 6.61. The van der Waals surface area contributed by atoms with E-state index >= 15 is 0 Å². The summed E-state index contributed by atoms with van der Waals surface area (Å²) in [4.78, 5) is 26.1. The Hall–Kier alpha value is -2.40. The summed E-state index contributed by atoms with van der Waals surface area (Å²) in [7, 11) is 0. The number of benzene rings is 2. The molecular weight excluding hydrogens is 331 g/mol. The summed E-state index contributed by atoms with van der Waals surface area (Å²) in [6.45, 7) is 2.16. The van der Waals surface area contributed by atoms with E-state index in [9.17, 15) is 14.0 Å². The molecule has 2 amide bonds. The van der Waals surface area contributed by atoms with Gasteiger partial charge in [-0.1, -0.05) is 23.7 Å². The quantitative estimate of drug-likeness (QED) is 0.919. The molecule has 0 radical (unpaired) electrons. The number of amides is 2. The molecular formula is C18H16ClFN2O2. The van der Waals surface area contributed by atoms with E-state index in [-0.39, 0.29) is 24.8 Å². The van der Waals surface area contributed by atoms with Crippen LogP contribution in [0, 0.1) is 18.7 Å². The third-order valence-corrected chi connectivity index (χ3v) is 4.46. The van der Waals surface area contributed by atoms with Crippen molar-refractivity contribution in [2.75, 3.05) is 16.8 Å². The van der Waals surface area contributed by atoms with Crippen LogP contribution >= 0.6 is 11.6 Å². The normalized spacial score (nSPS) is 17.2. The van der Waals surface area contributed by atoms with Gasteiger partial charge in [0, 0.05) is 29.4 Å². The van der Waals surface area contributed by atoms with Crippen LogP contribution in [0.4, 0.5) is 15.8 Å². The minimum absolute atomic E-state index is 0.118. The molecule has 1 N–H and O–H groups in total. The van der Waals surface area contributed by atoms with Crippen molar-refractivity contribution in [3.05, 3.63) is 58.9 Å². The molecule has 24 heavy (non-hydrogen) atoms. The number of halogens is 2. The van der Waals surface area contributed by atoms with E-state index in [1.54, 1.807) is 17.0 Å². The number of aryl methyl sites for hydroxylation is 1. The monoisotopic (exact) mass is 346 g/mol. The van der Waals surface area contributed by atoms with E-state index in [2.05, 4.69) is 5.32 Å². The highest BCUT2D eigenvalue weighted by atomic mass is 35.5. The van der Waals surface area contributed by atoms with Crippen LogP contribution in [-0.4, -0.2) is 18.4 Å². The smallest absolute Gasteiger partial charge is 0.229 e. The largest absolute Gasteiger partial charge is 0.326 e. The maximum atomic E-state index is 13.2. The van der Waals surface area contributed by atoms with Crippen LogP contribution in [0.15, 0.2) is 42.5 Å². The van der Waals surface area contributed by atoms with Crippen molar-refractivity contribution in [2.24, 2.45) is 5.92 Å². The lowest BCUT2D eigenvalue weighted by molar-refractivity contribution is -0.122. The Kier molecular flexibility index (Phi) is 4.53. The maximum Gasteiger partial charge on any atom is 0.229 e. The fourth-order valence-electron chi connectivity index (χ4n) is 2.69. The molecule has 1 aliphatic heterocycles. The molecule has 1 atom stereocenters. The first kappa shape index (κ1) is 16.5. The molecule has 6 heteroatoms. The van der Waals surface area contributed by atoms with Gasteiger partial charge in [-0.2, -0.15) is 0 Å². The Morgan fingerprint density at radius 3 is 2.79 bits per heavy atom. The molecule has 124 valence electrons. The zero-order valence-electron chi connectivity index (χ0n) is 13.1. The van der Waals surface area contributed by atoms with Crippen molar-refractivity contribution in [1.29, 1.82) is 0 Å². The lowest BCUT2D eigenvalue weighted by Crippen LogP contribution is -2.28. The topological polar surface area (TPSA) is 49.4 Å². The minimum atomic E-state index is -0.485. The van der Waals surface area contributed by atoms with Gasteiger partial charge >= 0.3 is 0 Å². The summed E-state index contributed by atoms with van der Waals surface area (Å²) in [6.07, 6.45) is 0.118. The summed E-state index contributed by atoms with van der Waals surface area (Å²) in [6, 6.07) is 11.0. The van der Waals surface area contributed by atoms with Crippen molar-refractivity contribution in [2.45, 2.75) is 13.3 Å². The SMILES string of the molecule is Cc1ccc(N2CC(C(=O)Nc3cccc(F)c3)CC2=O)cc1Cl. The second-order valence-corrected chi connectivity index (χ2v) is 6.25. The van der Waals surface area contributed by atoms with Crippen LogP contribution in [0.5, 0.6) is 0 Å². The molecule has 1 saturated heterocycles. The van der Waals surface area contributed by atoms with E-state index < -0.39 is 11.7 Å². The van der Waals surface area contributed by atoms with E-state index in [1.165, 1.54) is 18.2 Å². The van der Waals surface area contributed by atoms with Crippen LogP contribution in [0.1, 0.15) is 12.0 Å². The first-order chi connectivity index (χ1) is 11.4.